The fourth-order valence-corrected chi connectivity index (χ4v) is 2.08. The van der Waals surface area contributed by atoms with Crippen LogP contribution >= 0.6 is 11.6 Å². The number of carbonyl (C=O) groups excluding carboxylic acids is 1. The minimum Gasteiger partial charge on any atom is -0.496 e. The molecule has 0 atom stereocenters. The Morgan fingerprint density at radius 1 is 1.23 bits per heavy atom. The summed E-state index contributed by atoms with van der Waals surface area (Å²) >= 11 is 5.92. The predicted molar refractivity (Wildman–Crippen MR) is 80.8 cm³/mol. The van der Waals surface area contributed by atoms with Gasteiger partial charge in [-0.05, 0) is 30.3 Å². The van der Waals surface area contributed by atoms with Crippen LogP contribution in [0.3, 0.4) is 0 Å². The van der Waals surface area contributed by atoms with Gasteiger partial charge in [0.25, 0.3) is 0 Å². The SMILES string of the molecule is COc1ccc(Cl)cc1COc1ccc(C=O)cc1[N+](=O)[O-]. The molecule has 0 unspecified atom stereocenters. The number of carbonyl (C=O) groups is 1. The molecule has 0 fully saturated rings. The van der Waals surface area contributed by atoms with Crippen LogP contribution < -0.4 is 9.47 Å². The minimum atomic E-state index is -0.600. The maximum absolute atomic E-state index is 11.0. The van der Waals surface area contributed by atoms with Crippen LogP contribution in [0, 0.1) is 10.1 Å². The van der Waals surface area contributed by atoms with Crippen molar-refractivity contribution >= 4 is 23.6 Å². The van der Waals surface area contributed by atoms with Crippen molar-refractivity contribution in [2.75, 3.05) is 7.11 Å². The van der Waals surface area contributed by atoms with E-state index >= 15 is 0 Å². The second kappa shape index (κ2) is 6.91. The van der Waals surface area contributed by atoms with Crippen LogP contribution in [0.1, 0.15) is 15.9 Å². The molecule has 0 aromatic heterocycles. The van der Waals surface area contributed by atoms with Gasteiger partial charge in [-0.1, -0.05) is 11.6 Å². The lowest BCUT2D eigenvalue weighted by atomic mass is 10.2. The van der Waals surface area contributed by atoms with Crippen LogP contribution in [-0.2, 0) is 6.61 Å². The van der Waals surface area contributed by atoms with Crippen molar-refractivity contribution in [3.8, 4) is 11.5 Å². The van der Waals surface area contributed by atoms with E-state index in [0.717, 1.165) is 6.07 Å². The van der Waals surface area contributed by atoms with Gasteiger partial charge < -0.3 is 9.47 Å². The Hall–Kier alpha value is -2.60. The molecule has 2 aromatic rings. The summed E-state index contributed by atoms with van der Waals surface area (Å²) in [6, 6.07) is 9.02. The normalized spacial score (nSPS) is 10.1. The highest BCUT2D eigenvalue weighted by Gasteiger charge is 2.16. The largest absolute Gasteiger partial charge is 0.496 e. The molecule has 2 rings (SSSR count). The van der Waals surface area contributed by atoms with Crippen LogP contribution in [0.25, 0.3) is 0 Å². The third kappa shape index (κ3) is 3.53. The zero-order chi connectivity index (χ0) is 16.1. The number of methoxy groups -OCH3 is 1. The third-order valence-corrected chi connectivity index (χ3v) is 3.18. The summed E-state index contributed by atoms with van der Waals surface area (Å²) in [5, 5.41) is 11.5. The van der Waals surface area contributed by atoms with Crippen molar-refractivity contribution < 1.29 is 19.2 Å². The van der Waals surface area contributed by atoms with Crippen molar-refractivity contribution in [3.63, 3.8) is 0 Å². The maximum Gasteiger partial charge on any atom is 0.311 e. The number of aldehydes is 1. The van der Waals surface area contributed by atoms with Crippen molar-refractivity contribution in [2.24, 2.45) is 0 Å². The van der Waals surface area contributed by atoms with E-state index in [4.69, 9.17) is 21.1 Å². The van der Waals surface area contributed by atoms with Crippen LogP contribution in [0.2, 0.25) is 5.02 Å². The summed E-state index contributed by atoms with van der Waals surface area (Å²) in [5.41, 5.74) is 0.591. The zero-order valence-corrected chi connectivity index (χ0v) is 12.4. The Morgan fingerprint density at radius 2 is 1.95 bits per heavy atom. The van der Waals surface area contributed by atoms with E-state index in [-0.39, 0.29) is 23.6 Å². The number of hydrogen-bond donors (Lipinski definition) is 0. The molecule has 2 aromatic carbocycles. The molecule has 0 amide bonds. The highest BCUT2D eigenvalue weighted by atomic mass is 35.5. The van der Waals surface area contributed by atoms with E-state index in [1.165, 1.54) is 19.2 Å². The lowest BCUT2D eigenvalue weighted by molar-refractivity contribution is -0.386. The summed E-state index contributed by atoms with van der Waals surface area (Å²) in [5.74, 6) is 0.634. The topological polar surface area (TPSA) is 78.7 Å². The fourth-order valence-electron chi connectivity index (χ4n) is 1.89. The van der Waals surface area contributed by atoms with E-state index in [1.807, 2.05) is 0 Å². The van der Waals surface area contributed by atoms with E-state index in [1.54, 1.807) is 18.2 Å². The third-order valence-electron chi connectivity index (χ3n) is 2.94. The molecule has 0 bridgehead atoms. The molecule has 0 heterocycles. The van der Waals surface area contributed by atoms with Gasteiger partial charge in [-0.3, -0.25) is 14.9 Å². The average molecular weight is 322 g/mol. The fraction of sp³-hybridized carbons (Fsp3) is 0.133. The van der Waals surface area contributed by atoms with E-state index < -0.39 is 4.92 Å². The highest BCUT2D eigenvalue weighted by molar-refractivity contribution is 6.30. The second-order valence-corrected chi connectivity index (χ2v) is 4.78. The van der Waals surface area contributed by atoms with Gasteiger partial charge in [-0.15, -0.1) is 0 Å². The molecule has 0 N–H and O–H groups in total. The van der Waals surface area contributed by atoms with Crippen LogP contribution in [0.15, 0.2) is 36.4 Å². The molecule has 0 saturated carbocycles. The minimum absolute atomic E-state index is 0.0466. The van der Waals surface area contributed by atoms with E-state index in [9.17, 15) is 14.9 Å². The number of nitro benzene ring substituents is 1. The summed E-state index contributed by atoms with van der Waals surface area (Å²) in [7, 11) is 1.51. The van der Waals surface area contributed by atoms with Gasteiger partial charge >= 0.3 is 5.69 Å². The molecule has 114 valence electrons. The number of benzene rings is 2. The maximum atomic E-state index is 11.0. The molecule has 7 heteroatoms. The van der Waals surface area contributed by atoms with Crippen molar-refractivity contribution in [3.05, 3.63) is 62.7 Å². The van der Waals surface area contributed by atoms with Crippen LogP contribution in [0.4, 0.5) is 5.69 Å². The number of halogens is 1. The number of nitro groups is 1. The van der Waals surface area contributed by atoms with Gasteiger partial charge in [0.2, 0.25) is 0 Å². The summed E-state index contributed by atoms with van der Waals surface area (Å²) in [6.45, 7) is 0.0466. The highest BCUT2D eigenvalue weighted by Crippen LogP contribution is 2.30. The van der Waals surface area contributed by atoms with Gasteiger partial charge in [0, 0.05) is 22.2 Å². The molecule has 0 spiro atoms. The first-order valence-electron chi connectivity index (χ1n) is 6.24. The molecular formula is C15H12ClNO5. The Labute approximate surface area is 131 Å². The number of ether oxygens (including phenoxy) is 2. The van der Waals surface area contributed by atoms with Gasteiger partial charge in [0.05, 0.1) is 12.0 Å². The average Bonchev–Trinajstić information content (AvgIpc) is 2.52. The Kier molecular flexibility index (Phi) is 4.95. The van der Waals surface area contributed by atoms with Crippen LogP contribution in [-0.4, -0.2) is 18.3 Å². The summed E-state index contributed by atoms with van der Waals surface area (Å²) in [6.07, 6.45) is 0.538. The van der Waals surface area contributed by atoms with E-state index in [2.05, 4.69) is 0 Å². The zero-order valence-electron chi connectivity index (χ0n) is 11.6. The Bertz CT molecular complexity index is 717. The van der Waals surface area contributed by atoms with Crippen LogP contribution in [0.5, 0.6) is 11.5 Å². The van der Waals surface area contributed by atoms with Crippen molar-refractivity contribution in [1.29, 1.82) is 0 Å². The molecule has 0 aliphatic carbocycles. The molecule has 0 aliphatic rings. The molecule has 0 radical (unpaired) electrons. The molecular weight excluding hydrogens is 310 g/mol. The number of hydrogen-bond acceptors (Lipinski definition) is 5. The second-order valence-electron chi connectivity index (χ2n) is 4.35. The first-order chi connectivity index (χ1) is 10.5. The van der Waals surface area contributed by atoms with Crippen molar-refractivity contribution in [2.45, 2.75) is 6.61 Å². The molecule has 0 saturated heterocycles. The molecule has 6 nitrogen and oxygen atoms in total. The van der Waals surface area contributed by atoms with Gasteiger partial charge in [0.1, 0.15) is 18.6 Å². The quantitative estimate of drug-likeness (QED) is 0.461. The monoisotopic (exact) mass is 321 g/mol. The molecule has 0 aliphatic heterocycles. The molecule has 22 heavy (non-hydrogen) atoms. The smallest absolute Gasteiger partial charge is 0.311 e. The predicted octanol–water partition coefficient (Wildman–Crippen LogP) is 3.65. The Balaban J connectivity index is 2.27. The van der Waals surface area contributed by atoms with E-state index in [0.29, 0.717) is 22.6 Å². The number of nitrogens with zero attached hydrogens (tertiary/aromatic N) is 1. The number of rotatable bonds is 6. The lowest BCUT2D eigenvalue weighted by Crippen LogP contribution is -2.01. The summed E-state index contributed by atoms with van der Waals surface area (Å²) in [4.78, 5) is 21.1. The lowest BCUT2D eigenvalue weighted by Gasteiger charge is -2.11. The first-order valence-corrected chi connectivity index (χ1v) is 6.61. The van der Waals surface area contributed by atoms with Gasteiger partial charge in [-0.25, -0.2) is 0 Å². The standard InChI is InChI=1S/C15H12ClNO5/c1-21-14-5-3-12(16)7-11(14)9-22-15-4-2-10(8-18)6-13(15)17(19)20/h2-8H,9H2,1H3. The van der Waals surface area contributed by atoms with Crippen molar-refractivity contribution in [1.82, 2.24) is 0 Å². The summed E-state index contributed by atoms with van der Waals surface area (Å²) < 4.78 is 10.7. The van der Waals surface area contributed by atoms with Gasteiger partial charge in [0.15, 0.2) is 5.75 Å². The Morgan fingerprint density at radius 3 is 2.59 bits per heavy atom. The van der Waals surface area contributed by atoms with Gasteiger partial charge in [-0.2, -0.15) is 0 Å². The first kappa shape index (κ1) is 15.8.